The van der Waals surface area contributed by atoms with Crippen molar-refractivity contribution in [2.75, 3.05) is 33.3 Å². The summed E-state index contributed by atoms with van der Waals surface area (Å²) in [5.41, 5.74) is 2.61. The van der Waals surface area contributed by atoms with E-state index in [0.29, 0.717) is 5.92 Å². The van der Waals surface area contributed by atoms with Crippen LogP contribution >= 0.6 is 0 Å². The number of fused-ring (bicyclic) bond motifs is 2. The van der Waals surface area contributed by atoms with Gasteiger partial charge in [-0.3, -0.25) is 4.90 Å². The van der Waals surface area contributed by atoms with E-state index in [4.69, 9.17) is 4.74 Å². The largest absolute Gasteiger partial charge is 0.497 e. The van der Waals surface area contributed by atoms with Crippen molar-refractivity contribution >= 4 is 10.9 Å². The molecule has 0 bridgehead atoms. The van der Waals surface area contributed by atoms with Crippen LogP contribution in [0.4, 0.5) is 0 Å². The molecule has 1 fully saturated rings. The number of likely N-dealkylation sites (tertiary alicyclic amines) is 1. The summed E-state index contributed by atoms with van der Waals surface area (Å²) in [6.07, 6.45) is 5.66. The van der Waals surface area contributed by atoms with Gasteiger partial charge in [-0.15, -0.1) is 10.2 Å². The van der Waals surface area contributed by atoms with E-state index in [1.807, 2.05) is 0 Å². The molecule has 0 aliphatic carbocycles. The molecule has 2 aromatic heterocycles. The van der Waals surface area contributed by atoms with Crippen LogP contribution in [0.15, 0.2) is 24.4 Å². The molecule has 1 saturated heterocycles. The maximum atomic E-state index is 5.40. The molecule has 154 valence electrons. The SMILES string of the molecule is COc1ccc2c(CN3CCCC(c4nnc5n4CCNCC5)C3)cn(C)c2c1. The third-order valence-electron chi connectivity index (χ3n) is 6.44. The number of nitrogens with zero attached hydrogens (tertiary/aromatic N) is 5. The summed E-state index contributed by atoms with van der Waals surface area (Å²) in [5, 5.41) is 13.9. The highest BCUT2D eigenvalue weighted by atomic mass is 16.5. The summed E-state index contributed by atoms with van der Waals surface area (Å²) in [5.74, 6) is 3.71. The lowest BCUT2D eigenvalue weighted by Gasteiger charge is -2.32. The van der Waals surface area contributed by atoms with Gasteiger partial charge in [0.05, 0.1) is 12.6 Å². The highest BCUT2D eigenvalue weighted by Gasteiger charge is 2.27. The Kier molecular flexibility index (Phi) is 5.01. The average Bonchev–Trinajstić information content (AvgIpc) is 3.19. The quantitative estimate of drug-likeness (QED) is 0.736. The molecule has 0 amide bonds. The molecule has 0 spiro atoms. The zero-order chi connectivity index (χ0) is 19.8. The second-order valence-corrected chi connectivity index (χ2v) is 8.35. The highest BCUT2D eigenvalue weighted by molar-refractivity contribution is 5.85. The van der Waals surface area contributed by atoms with Gasteiger partial charge >= 0.3 is 0 Å². The van der Waals surface area contributed by atoms with Crippen LogP contribution in [0.25, 0.3) is 10.9 Å². The number of aryl methyl sites for hydroxylation is 1. The molecule has 0 saturated carbocycles. The molecule has 0 radical (unpaired) electrons. The van der Waals surface area contributed by atoms with E-state index in [1.54, 1.807) is 7.11 Å². The molecule has 7 nitrogen and oxygen atoms in total. The standard InChI is InChI=1S/C22H30N6O/c1-26-13-17(19-6-5-18(29-2)12-20(19)26)15-27-10-3-4-16(14-27)22-25-24-21-7-8-23-9-11-28(21)22/h5-6,12-13,16,23H,3-4,7-11,14-15H2,1-2H3. The Morgan fingerprint density at radius 1 is 1.21 bits per heavy atom. The van der Waals surface area contributed by atoms with Crippen molar-refractivity contribution in [3.05, 3.63) is 41.6 Å². The van der Waals surface area contributed by atoms with Crippen LogP contribution in [0, 0.1) is 0 Å². The number of rotatable bonds is 4. The fourth-order valence-corrected chi connectivity index (χ4v) is 4.95. The van der Waals surface area contributed by atoms with E-state index >= 15 is 0 Å². The molecule has 2 aliphatic rings. The minimum Gasteiger partial charge on any atom is -0.497 e. The monoisotopic (exact) mass is 394 g/mol. The smallest absolute Gasteiger partial charge is 0.137 e. The van der Waals surface area contributed by atoms with Crippen molar-refractivity contribution in [3.63, 3.8) is 0 Å². The van der Waals surface area contributed by atoms with Crippen LogP contribution in [0.5, 0.6) is 5.75 Å². The number of hydrogen-bond donors (Lipinski definition) is 1. The van der Waals surface area contributed by atoms with Gasteiger partial charge in [0.1, 0.15) is 17.4 Å². The minimum atomic E-state index is 0.471. The fraction of sp³-hybridized carbons (Fsp3) is 0.545. The van der Waals surface area contributed by atoms with E-state index in [9.17, 15) is 0 Å². The van der Waals surface area contributed by atoms with Crippen LogP contribution < -0.4 is 10.1 Å². The van der Waals surface area contributed by atoms with Crippen LogP contribution in [-0.2, 0) is 26.6 Å². The van der Waals surface area contributed by atoms with Gasteiger partial charge in [-0.2, -0.15) is 0 Å². The summed E-state index contributed by atoms with van der Waals surface area (Å²) in [7, 11) is 3.84. The predicted molar refractivity (Wildman–Crippen MR) is 113 cm³/mol. The van der Waals surface area contributed by atoms with E-state index in [0.717, 1.165) is 57.3 Å². The molecule has 7 heteroatoms. The van der Waals surface area contributed by atoms with E-state index in [1.165, 1.54) is 35.1 Å². The zero-order valence-electron chi connectivity index (χ0n) is 17.4. The van der Waals surface area contributed by atoms with Gasteiger partial charge in [-0.25, -0.2) is 0 Å². The van der Waals surface area contributed by atoms with E-state index in [2.05, 4.69) is 61.0 Å². The maximum absolute atomic E-state index is 5.40. The number of piperidine rings is 1. The van der Waals surface area contributed by atoms with Crippen molar-refractivity contribution < 1.29 is 4.74 Å². The lowest BCUT2D eigenvalue weighted by Crippen LogP contribution is -2.35. The van der Waals surface area contributed by atoms with Crippen LogP contribution in [0.2, 0.25) is 0 Å². The topological polar surface area (TPSA) is 60.1 Å². The average molecular weight is 395 g/mol. The van der Waals surface area contributed by atoms with Gasteiger partial charge < -0.3 is 19.2 Å². The Balaban J connectivity index is 1.36. The summed E-state index contributed by atoms with van der Waals surface area (Å²) >= 11 is 0. The third kappa shape index (κ3) is 3.53. The van der Waals surface area contributed by atoms with Gasteiger partial charge in [-0.05, 0) is 37.1 Å². The summed E-state index contributed by atoms with van der Waals surface area (Å²) in [6, 6.07) is 6.37. The van der Waals surface area contributed by atoms with Crippen molar-refractivity contribution in [1.82, 2.24) is 29.5 Å². The van der Waals surface area contributed by atoms with Gasteiger partial charge in [0.2, 0.25) is 0 Å². The zero-order valence-corrected chi connectivity index (χ0v) is 17.4. The van der Waals surface area contributed by atoms with Gasteiger partial charge in [0.25, 0.3) is 0 Å². The molecular formula is C22H30N6O. The molecular weight excluding hydrogens is 364 g/mol. The van der Waals surface area contributed by atoms with Crippen molar-refractivity contribution in [1.29, 1.82) is 0 Å². The van der Waals surface area contributed by atoms with Gasteiger partial charge in [-0.1, -0.05) is 0 Å². The molecule has 1 N–H and O–H groups in total. The van der Waals surface area contributed by atoms with Crippen LogP contribution in [0.1, 0.15) is 36.0 Å². The summed E-state index contributed by atoms with van der Waals surface area (Å²) in [4.78, 5) is 2.59. The number of ether oxygens (including phenoxy) is 1. The van der Waals surface area contributed by atoms with Crippen molar-refractivity contribution in [3.8, 4) is 5.75 Å². The lowest BCUT2D eigenvalue weighted by atomic mass is 9.96. The van der Waals surface area contributed by atoms with Crippen LogP contribution in [-0.4, -0.2) is 57.5 Å². The number of aromatic nitrogens is 4. The lowest BCUT2D eigenvalue weighted by molar-refractivity contribution is 0.195. The predicted octanol–water partition coefficient (Wildman–Crippen LogP) is 2.30. The second-order valence-electron chi connectivity index (χ2n) is 8.35. The summed E-state index contributed by atoms with van der Waals surface area (Å²) in [6.45, 7) is 6.17. The maximum Gasteiger partial charge on any atom is 0.137 e. The molecule has 29 heavy (non-hydrogen) atoms. The second kappa shape index (κ2) is 7.80. The number of nitrogens with one attached hydrogen (secondary N) is 1. The van der Waals surface area contributed by atoms with Gasteiger partial charge in [0.15, 0.2) is 0 Å². The van der Waals surface area contributed by atoms with Crippen LogP contribution in [0.3, 0.4) is 0 Å². The number of hydrogen-bond acceptors (Lipinski definition) is 5. The molecule has 2 aliphatic heterocycles. The molecule has 3 aromatic rings. The summed E-state index contributed by atoms with van der Waals surface area (Å²) < 4.78 is 9.98. The minimum absolute atomic E-state index is 0.471. The first-order valence-corrected chi connectivity index (χ1v) is 10.7. The van der Waals surface area contributed by atoms with Gasteiger partial charge in [0, 0.05) is 69.8 Å². The Bertz CT molecular complexity index is 1010. The Morgan fingerprint density at radius 3 is 3.03 bits per heavy atom. The van der Waals surface area contributed by atoms with Crippen molar-refractivity contribution in [2.45, 2.75) is 38.3 Å². The Labute approximate surface area is 171 Å². The molecule has 5 rings (SSSR count). The first-order chi connectivity index (χ1) is 14.2. The normalized spacial score (nSPS) is 20.6. The first kappa shape index (κ1) is 18.6. The molecule has 1 aromatic carbocycles. The van der Waals surface area contributed by atoms with E-state index < -0.39 is 0 Å². The molecule has 1 atom stereocenters. The number of methoxy groups -OCH3 is 1. The Morgan fingerprint density at radius 2 is 2.14 bits per heavy atom. The van der Waals surface area contributed by atoms with E-state index in [-0.39, 0.29) is 0 Å². The fourth-order valence-electron chi connectivity index (χ4n) is 4.95. The molecule has 4 heterocycles. The highest BCUT2D eigenvalue weighted by Crippen LogP contribution is 2.30. The number of benzene rings is 1. The van der Waals surface area contributed by atoms with Crippen molar-refractivity contribution in [2.24, 2.45) is 7.05 Å². The first-order valence-electron chi connectivity index (χ1n) is 10.7. The molecule has 1 unspecified atom stereocenters. The third-order valence-corrected chi connectivity index (χ3v) is 6.44. The Hall–Kier alpha value is -2.38.